The topological polar surface area (TPSA) is 28.2 Å². The molecule has 2 aromatic rings. The summed E-state index contributed by atoms with van der Waals surface area (Å²) in [6.07, 6.45) is 1.59. The molecule has 0 bridgehead atoms. The molecule has 0 saturated carbocycles. The van der Waals surface area contributed by atoms with Gasteiger partial charge >= 0.3 is 0 Å². The molecule has 25 heavy (non-hydrogen) atoms. The Kier molecular flexibility index (Phi) is 6.96. The fourth-order valence-corrected chi connectivity index (χ4v) is 2.57. The molecular weight excluding hydrogens is 327 g/mol. The molecule has 0 aliphatic heterocycles. The van der Waals surface area contributed by atoms with Crippen LogP contribution in [0.15, 0.2) is 24.4 Å². The van der Waals surface area contributed by atoms with Gasteiger partial charge in [0.1, 0.15) is 5.82 Å². The number of hydrogen-bond donors (Lipinski definition) is 1. The van der Waals surface area contributed by atoms with Crippen LogP contribution in [-0.2, 0) is 6.54 Å². The van der Waals surface area contributed by atoms with Crippen molar-refractivity contribution < 1.29 is 13.2 Å². The highest BCUT2D eigenvalue weighted by Crippen LogP contribution is 2.26. The zero-order chi connectivity index (χ0) is 18.4. The number of likely N-dealkylation sites (N-methyl/N-ethyl adjacent to an activating group) is 1. The molecule has 1 aromatic carbocycles. The van der Waals surface area contributed by atoms with E-state index in [9.17, 15) is 13.2 Å². The van der Waals surface area contributed by atoms with E-state index in [1.807, 2.05) is 0 Å². The van der Waals surface area contributed by atoms with Gasteiger partial charge in [0.15, 0.2) is 11.6 Å². The van der Waals surface area contributed by atoms with Gasteiger partial charge in [-0.25, -0.2) is 13.2 Å². The largest absolute Gasteiger partial charge is 0.311 e. The number of nitrogens with one attached hydrogen (secondary N) is 1. The Bertz CT molecular complexity index is 698. The van der Waals surface area contributed by atoms with Crippen molar-refractivity contribution in [1.29, 1.82) is 0 Å². The van der Waals surface area contributed by atoms with Crippen molar-refractivity contribution >= 4 is 0 Å². The molecule has 0 aliphatic carbocycles. The summed E-state index contributed by atoms with van der Waals surface area (Å²) in [6, 6.07) is 4.34. The van der Waals surface area contributed by atoms with Gasteiger partial charge in [-0.2, -0.15) is 0 Å². The minimum atomic E-state index is -1.17. The third-order valence-electron chi connectivity index (χ3n) is 4.32. The van der Waals surface area contributed by atoms with Crippen molar-refractivity contribution in [1.82, 2.24) is 15.2 Å². The Morgan fingerprint density at radius 1 is 1.08 bits per heavy atom. The van der Waals surface area contributed by atoms with Crippen LogP contribution in [0.3, 0.4) is 0 Å². The van der Waals surface area contributed by atoms with Gasteiger partial charge in [-0.15, -0.1) is 0 Å². The summed E-state index contributed by atoms with van der Waals surface area (Å²) in [5.74, 6) is -3.02. The van der Waals surface area contributed by atoms with Gasteiger partial charge in [0.25, 0.3) is 0 Å². The predicted octanol–water partition coefficient (Wildman–Crippen LogP) is 3.91. The summed E-state index contributed by atoms with van der Waals surface area (Å²) >= 11 is 0. The molecule has 0 fully saturated rings. The van der Waals surface area contributed by atoms with Gasteiger partial charge in [-0.3, -0.25) is 4.98 Å². The number of aromatic nitrogens is 1. The van der Waals surface area contributed by atoms with Crippen LogP contribution in [0.2, 0.25) is 0 Å². The second-order valence-electron chi connectivity index (χ2n) is 5.91. The second-order valence-corrected chi connectivity index (χ2v) is 5.91. The van der Waals surface area contributed by atoms with E-state index in [0.29, 0.717) is 6.54 Å². The zero-order valence-corrected chi connectivity index (χ0v) is 14.9. The van der Waals surface area contributed by atoms with E-state index in [-0.39, 0.29) is 16.8 Å². The third kappa shape index (κ3) is 4.80. The number of rotatable bonds is 8. The number of pyridine rings is 1. The highest BCUT2D eigenvalue weighted by Gasteiger charge is 2.17. The average molecular weight is 351 g/mol. The monoisotopic (exact) mass is 351 g/mol. The quantitative estimate of drug-likeness (QED) is 0.577. The maximum absolute atomic E-state index is 14.0. The molecule has 0 spiro atoms. The molecule has 0 amide bonds. The predicted molar refractivity (Wildman–Crippen MR) is 93.8 cm³/mol. The van der Waals surface area contributed by atoms with Crippen molar-refractivity contribution in [2.45, 2.75) is 27.3 Å². The first-order valence-corrected chi connectivity index (χ1v) is 8.50. The molecule has 1 N–H and O–H groups in total. The van der Waals surface area contributed by atoms with E-state index in [2.05, 4.69) is 29.0 Å². The average Bonchev–Trinajstić information content (AvgIpc) is 2.64. The third-order valence-corrected chi connectivity index (χ3v) is 4.32. The van der Waals surface area contributed by atoms with Crippen LogP contribution in [0.1, 0.15) is 25.0 Å². The Hall–Kier alpha value is -1.92. The molecule has 6 heteroatoms. The SMILES string of the molecule is CCN(CC)CCNCc1ccc(-c2cc(F)c(C)c(F)c2F)nc1. The van der Waals surface area contributed by atoms with E-state index < -0.39 is 17.5 Å². The molecule has 0 saturated heterocycles. The van der Waals surface area contributed by atoms with E-state index in [0.717, 1.165) is 37.8 Å². The van der Waals surface area contributed by atoms with Gasteiger partial charge in [0.2, 0.25) is 0 Å². The van der Waals surface area contributed by atoms with Gasteiger partial charge < -0.3 is 10.2 Å². The number of halogens is 3. The van der Waals surface area contributed by atoms with Crippen molar-refractivity contribution in [3.05, 3.63) is 53.0 Å². The number of hydrogen-bond acceptors (Lipinski definition) is 3. The Labute approximate surface area is 146 Å². The molecule has 0 unspecified atom stereocenters. The van der Waals surface area contributed by atoms with E-state index in [4.69, 9.17) is 0 Å². The lowest BCUT2D eigenvalue weighted by Gasteiger charge is -2.18. The zero-order valence-electron chi connectivity index (χ0n) is 14.9. The van der Waals surface area contributed by atoms with Crippen LogP contribution in [0.5, 0.6) is 0 Å². The first kappa shape index (κ1) is 19.4. The maximum Gasteiger partial charge on any atom is 0.168 e. The number of benzene rings is 1. The maximum atomic E-state index is 14.0. The second kappa shape index (κ2) is 8.97. The molecule has 3 nitrogen and oxygen atoms in total. The molecule has 1 heterocycles. The van der Waals surface area contributed by atoms with Crippen molar-refractivity contribution in [2.24, 2.45) is 0 Å². The molecule has 1 aromatic heterocycles. The van der Waals surface area contributed by atoms with Crippen LogP contribution in [0.25, 0.3) is 11.3 Å². The standard InChI is InChI=1S/C19H24F3N3/c1-4-25(5-2)9-8-23-11-14-6-7-17(24-12-14)15-10-16(20)13(3)18(21)19(15)22/h6-7,10,12,23H,4-5,8-9,11H2,1-3H3. The van der Waals surface area contributed by atoms with Gasteiger partial charge in [0, 0.05) is 37.0 Å². The van der Waals surface area contributed by atoms with E-state index >= 15 is 0 Å². The lowest BCUT2D eigenvalue weighted by molar-refractivity contribution is 0.302. The fraction of sp³-hybridized carbons (Fsp3) is 0.421. The van der Waals surface area contributed by atoms with Crippen LogP contribution in [0.4, 0.5) is 13.2 Å². The van der Waals surface area contributed by atoms with Crippen molar-refractivity contribution in [2.75, 3.05) is 26.2 Å². The lowest BCUT2D eigenvalue weighted by atomic mass is 10.1. The first-order chi connectivity index (χ1) is 12.0. The number of nitrogens with zero attached hydrogens (tertiary/aromatic N) is 2. The smallest absolute Gasteiger partial charge is 0.168 e. The molecule has 0 aliphatic rings. The molecule has 2 rings (SSSR count). The van der Waals surface area contributed by atoms with Gasteiger partial charge in [0.05, 0.1) is 5.69 Å². The van der Waals surface area contributed by atoms with Gasteiger partial charge in [-0.1, -0.05) is 19.9 Å². The summed E-state index contributed by atoms with van der Waals surface area (Å²) in [5, 5.41) is 3.32. The lowest BCUT2D eigenvalue weighted by Crippen LogP contribution is -2.31. The minimum absolute atomic E-state index is 0.165. The Morgan fingerprint density at radius 2 is 1.80 bits per heavy atom. The summed E-state index contributed by atoms with van der Waals surface area (Å²) in [4.78, 5) is 6.46. The molecule has 0 atom stereocenters. The van der Waals surface area contributed by atoms with Crippen LogP contribution >= 0.6 is 0 Å². The highest BCUT2D eigenvalue weighted by molar-refractivity contribution is 5.61. The van der Waals surface area contributed by atoms with Crippen LogP contribution < -0.4 is 5.32 Å². The summed E-state index contributed by atoms with van der Waals surface area (Å²) in [5.41, 5.74) is 0.649. The van der Waals surface area contributed by atoms with Crippen molar-refractivity contribution in [3.63, 3.8) is 0 Å². The highest BCUT2D eigenvalue weighted by atomic mass is 19.2. The summed E-state index contributed by atoms with van der Waals surface area (Å²) < 4.78 is 41.4. The minimum Gasteiger partial charge on any atom is -0.311 e. The summed E-state index contributed by atoms with van der Waals surface area (Å²) in [6.45, 7) is 9.95. The van der Waals surface area contributed by atoms with E-state index in [1.165, 1.54) is 6.92 Å². The van der Waals surface area contributed by atoms with Crippen molar-refractivity contribution in [3.8, 4) is 11.3 Å². The fourth-order valence-electron chi connectivity index (χ4n) is 2.57. The van der Waals surface area contributed by atoms with Crippen LogP contribution in [-0.4, -0.2) is 36.1 Å². The molecule has 0 radical (unpaired) electrons. The molecule has 136 valence electrons. The van der Waals surface area contributed by atoms with E-state index in [1.54, 1.807) is 18.3 Å². The van der Waals surface area contributed by atoms with Gasteiger partial charge in [-0.05, 0) is 37.7 Å². The summed E-state index contributed by atoms with van der Waals surface area (Å²) in [7, 11) is 0. The normalized spacial score (nSPS) is 11.3. The molecular formula is C19H24F3N3. The first-order valence-electron chi connectivity index (χ1n) is 8.50. The Morgan fingerprint density at radius 3 is 2.40 bits per heavy atom. The Balaban J connectivity index is 2.01. The van der Waals surface area contributed by atoms with Crippen LogP contribution in [0, 0.1) is 24.4 Å².